The van der Waals surface area contributed by atoms with Crippen LogP contribution in [0, 0.1) is 0 Å². The zero-order chi connectivity index (χ0) is 20.0. The third-order valence-corrected chi connectivity index (χ3v) is 5.45. The van der Waals surface area contributed by atoms with E-state index in [0.717, 1.165) is 28.1 Å². The van der Waals surface area contributed by atoms with Gasteiger partial charge in [0.05, 0.1) is 13.0 Å². The minimum atomic E-state index is -0.850. The number of imide groups is 1. The number of carbonyl (C=O) groups is 3. The number of rotatable bonds is 4. The second kappa shape index (κ2) is 6.80. The maximum Gasteiger partial charge on any atom is 0.325 e. The van der Waals surface area contributed by atoms with E-state index in [1.807, 2.05) is 24.3 Å². The first-order chi connectivity index (χ1) is 14.1. The summed E-state index contributed by atoms with van der Waals surface area (Å²) in [5, 5.41) is 2.64. The fourth-order valence-electron chi connectivity index (χ4n) is 3.97. The van der Waals surface area contributed by atoms with Gasteiger partial charge in [0.25, 0.3) is 5.91 Å². The summed E-state index contributed by atoms with van der Waals surface area (Å²) in [6.07, 6.45) is 0.736. The first-order valence-electron chi connectivity index (χ1n) is 9.49. The minimum absolute atomic E-state index is 0.0590. The molecule has 29 heavy (non-hydrogen) atoms. The van der Waals surface area contributed by atoms with E-state index in [9.17, 15) is 14.4 Å². The number of urea groups is 1. The number of ether oxygens (including phenoxy) is 2. The summed E-state index contributed by atoms with van der Waals surface area (Å²) >= 11 is 0. The zero-order valence-corrected chi connectivity index (χ0v) is 15.6. The Balaban J connectivity index is 1.27. The fourth-order valence-corrected chi connectivity index (χ4v) is 3.97. The van der Waals surface area contributed by atoms with E-state index < -0.39 is 18.0 Å². The Morgan fingerprint density at radius 2 is 1.93 bits per heavy atom. The van der Waals surface area contributed by atoms with E-state index in [0.29, 0.717) is 18.0 Å². The van der Waals surface area contributed by atoms with Crippen molar-refractivity contribution in [3.05, 3.63) is 53.6 Å². The molecule has 0 bridgehead atoms. The lowest BCUT2D eigenvalue weighted by atomic mass is 10.1. The van der Waals surface area contributed by atoms with Crippen molar-refractivity contribution in [3.8, 4) is 11.5 Å². The van der Waals surface area contributed by atoms with Crippen molar-refractivity contribution in [2.24, 2.45) is 0 Å². The van der Waals surface area contributed by atoms with Crippen molar-refractivity contribution >= 4 is 23.5 Å². The second-order valence-corrected chi connectivity index (χ2v) is 7.24. The third-order valence-electron chi connectivity index (χ3n) is 5.45. The highest BCUT2D eigenvalue weighted by Crippen LogP contribution is 2.33. The van der Waals surface area contributed by atoms with Crippen molar-refractivity contribution in [2.45, 2.75) is 25.4 Å². The van der Waals surface area contributed by atoms with Crippen LogP contribution in [0.1, 0.15) is 17.5 Å². The standard InChI is InChI=1S/C21H19N3O5/c25-19(23-8-7-14-3-1-2-4-16(14)23)10-15-20(26)24(21(27)22-15)11-13-5-6-17-18(9-13)29-12-28-17/h1-6,9,15H,7-8,10-12H2,(H,22,27). The molecule has 3 heterocycles. The lowest BCUT2D eigenvalue weighted by Gasteiger charge is -2.19. The summed E-state index contributed by atoms with van der Waals surface area (Å²) in [4.78, 5) is 40.7. The van der Waals surface area contributed by atoms with Crippen molar-refractivity contribution in [1.29, 1.82) is 0 Å². The first-order valence-corrected chi connectivity index (χ1v) is 9.49. The normalized spacial score (nSPS) is 19.5. The van der Waals surface area contributed by atoms with Gasteiger partial charge < -0.3 is 19.7 Å². The molecule has 2 aromatic carbocycles. The summed E-state index contributed by atoms with van der Waals surface area (Å²) in [5.41, 5.74) is 2.75. The molecule has 4 amide bonds. The van der Waals surface area contributed by atoms with Gasteiger partial charge in [0.2, 0.25) is 12.7 Å². The zero-order valence-electron chi connectivity index (χ0n) is 15.6. The van der Waals surface area contributed by atoms with Gasteiger partial charge >= 0.3 is 6.03 Å². The Hall–Kier alpha value is -3.55. The van der Waals surface area contributed by atoms with Crippen molar-refractivity contribution in [1.82, 2.24) is 10.2 Å². The Labute approximate surface area is 167 Å². The highest BCUT2D eigenvalue weighted by Gasteiger charge is 2.40. The van der Waals surface area contributed by atoms with Crippen LogP contribution in [0.2, 0.25) is 0 Å². The first kappa shape index (κ1) is 17.5. The van der Waals surface area contributed by atoms with Gasteiger partial charge in [0.15, 0.2) is 11.5 Å². The van der Waals surface area contributed by atoms with E-state index in [4.69, 9.17) is 9.47 Å². The lowest BCUT2D eigenvalue weighted by molar-refractivity contribution is -0.130. The molecule has 8 nitrogen and oxygen atoms in total. The molecule has 1 N–H and O–H groups in total. The maximum atomic E-state index is 12.8. The Bertz CT molecular complexity index is 1020. The van der Waals surface area contributed by atoms with Crippen LogP contribution in [0.4, 0.5) is 10.5 Å². The number of carbonyl (C=O) groups excluding carboxylic acids is 3. The van der Waals surface area contributed by atoms with E-state index in [1.165, 1.54) is 0 Å². The van der Waals surface area contributed by atoms with Crippen LogP contribution in [0.3, 0.4) is 0 Å². The highest BCUT2D eigenvalue weighted by molar-refractivity contribution is 6.07. The van der Waals surface area contributed by atoms with Gasteiger partial charge in [0, 0.05) is 12.2 Å². The Morgan fingerprint density at radius 3 is 2.83 bits per heavy atom. The van der Waals surface area contributed by atoms with Crippen molar-refractivity contribution < 1.29 is 23.9 Å². The van der Waals surface area contributed by atoms with Crippen LogP contribution in [-0.2, 0) is 22.6 Å². The number of benzene rings is 2. The summed E-state index contributed by atoms with van der Waals surface area (Å²) in [6, 6.07) is 11.7. The molecule has 3 aliphatic rings. The number of amides is 4. The number of anilines is 1. The van der Waals surface area contributed by atoms with Crippen LogP contribution < -0.4 is 19.7 Å². The van der Waals surface area contributed by atoms with Crippen molar-refractivity contribution in [2.75, 3.05) is 18.2 Å². The van der Waals surface area contributed by atoms with Crippen LogP contribution >= 0.6 is 0 Å². The number of nitrogens with one attached hydrogen (secondary N) is 1. The van der Waals surface area contributed by atoms with E-state index >= 15 is 0 Å². The molecule has 0 aromatic heterocycles. The summed E-state index contributed by atoms with van der Waals surface area (Å²) < 4.78 is 10.6. The molecule has 1 saturated heterocycles. The van der Waals surface area contributed by atoms with Crippen LogP contribution in [0.5, 0.6) is 11.5 Å². The van der Waals surface area contributed by atoms with Gasteiger partial charge in [-0.1, -0.05) is 24.3 Å². The largest absolute Gasteiger partial charge is 0.454 e. The molecule has 0 spiro atoms. The maximum absolute atomic E-state index is 12.8. The van der Waals surface area contributed by atoms with Gasteiger partial charge in [-0.05, 0) is 35.7 Å². The van der Waals surface area contributed by atoms with E-state index in [-0.39, 0.29) is 25.7 Å². The van der Waals surface area contributed by atoms with Gasteiger partial charge in [-0.2, -0.15) is 0 Å². The van der Waals surface area contributed by atoms with Crippen LogP contribution in [-0.4, -0.2) is 42.1 Å². The predicted octanol–water partition coefficient (Wildman–Crippen LogP) is 1.82. The smallest absolute Gasteiger partial charge is 0.325 e. The Morgan fingerprint density at radius 1 is 1.10 bits per heavy atom. The molecular formula is C21H19N3O5. The lowest BCUT2D eigenvalue weighted by Crippen LogP contribution is -2.38. The van der Waals surface area contributed by atoms with Gasteiger partial charge in [0.1, 0.15) is 6.04 Å². The number of hydrogen-bond donors (Lipinski definition) is 1. The molecular weight excluding hydrogens is 374 g/mol. The van der Waals surface area contributed by atoms with E-state index in [2.05, 4.69) is 5.32 Å². The fraction of sp³-hybridized carbons (Fsp3) is 0.286. The molecule has 148 valence electrons. The van der Waals surface area contributed by atoms with E-state index in [1.54, 1.807) is 23.1 Å². The van der Waals surface area contributed by atoms with Crippen molar-refractivity contribution in [3.63, 3.8) is 0 Å². The van der Waals surface area contributed by atoms with Crippen LogP contribution in [0.15, 0.2) is 42.5 Å². The molecule has 0 saturated carbocycles. The second-order valence-electron chi connectivity index (χ2n) is 7.24. The molecule has 2 aromatic rings. The highest BCUT2D eigenvalue weighted by atomic mass is 16.7. The number of para-hydroxylation sites is 1. The summed E-state index contributed by atoms with van der Waals surface area (Å²) in [7, 11) is 0. The Kier molecular flexibility index (Phi) is 4.12. The molecule has 1 unspecified atom stereocenters. The quantitative estimate of drug-likeness (QED) is 0.801. The number of hydrogen-bond acceptors (Lipinski definition) is 5. The van der Waals surface area contributed by atoms with Gasteiger partial charge in [-0.3, -0.25) is 14.5 Å². The monoisotopic (exact) mass is 393 g/mol. The molecule has 0 aliphatic carbocycles. The third kappa shape index (κ3) is 3.06. The average molecular weight is 393 g/mol. The topological polar surface area (TPSA) is 88.2 Å². The number of fused-ring (bicyclic) bond motifs is 2. The predicted molar refractivity (Wildman–Crippen MR) is 103 cm³/mol. The SMILES string of the molecule is O=C1NC(CC(=O)N2CCc3ccccc32)C(=O)N1Cc1ccc2c(c1)OCO2. The molecule has 1 atom stereocenters. The molecule has 3 aliphatic heterocycles. The number of nitrogens with zero attached hydrogens (tertiary/aromatic N) is 2. The summed E-state index contributed by atoms with van der Waals surface area (Å²) in [6.45, 7) is 0.859. The van der Waals surface area contributed by atoms with Gasteiger partial charge in [-0.15, -0.1) is 0 Å². The molecule has 0 radical (unpaired) electrons. The minimum Gasteiger partial charge on any atom is -0.454 e. The average Bonchev–Trinajstić information content (AvgIpc) is 3.42. The summed E-state index contributed by atoms with van der Waals surface area (Å²) in [5.74, 6) is 0.668. The molecule has 8 heteroatoms. The molecule has 1 fully saturated rings. The molecule has 5 rings (SSSR count). The van der Waals surface area contributed by atoms with Crippen LogP contribution in [0.25, 0.3) is 0 Å². The van der Waals surface area contributed by atoms with Gasteiger partial charge in [-0.25, -0.2) is 4.79 Å².